The van der Waals surface area contributed by atoms with Crippen LogP contribution < -0.4 is 20.3 Å². The van der Waals surface area contributed by atoms with Gasteiger partial charge in [0.05, 0.1) is 18.8 Å². The Balaban J connectivity index is 2.10. The van der Waals surface area contributed by atoms with E-state index < -0.39 is 5.92 Å². The maximum absolute atomic E-state index is 12.9. The molecule has 1 amide bonds. The zero-order valence-corrected chi connectivity index (χ0v) is 17.7. The first-order valence-electron chi connectivity index (χ1n) is 9.54. The molecule has 0 radical (unpaired) electrons. The van der Waals surface area contributed by atoms with Gasteiger partial charge < -0.3 is 19.4 Å². The summed E-state index contributed by atoms with van der Waals surface area (Å²) in [6, 6.07) is 5.55. The lowest BCUT2D eigenvalue weighted by Crippen LogP contribution is -2.33. The molecule has 0 saturated carbocycles. The minimum absolute atomic E-state index is 0.143. The van der Waals surface area contributed by atoms with Crippen LogP contribution in [0.15, 0.2) is 40.8 Å². The van der Waals surface area contributed by atoms with Crippen LogP contribution in [0, 0.1) is 0 Å². The molecule has 0 bridgehead atoms. The molecular weight excluding hydrogens is 390 g/mol. The topological polar surface area (TPSA) is 82.5 Å². The van der Waals surface area contributed by atoms with E-state index in [1.165, 1.54) is 11.8 Å². The number of rotatable bonds is 8. The quantitative estimate of drug-likeness (QED) is 0.405. The van der Waals surface area contributed by atoms with Crippen molar-refractivity contribution in [1.82, 2.24) is 9.55 Å². The van der Waals surface area contributed by atoms with Gasteiger partial charge in [0.2, 0.25) is 5.91 Å². The largest absolute Gasteiger partial charge is 0.490 e. The third-order valence-corrected chi connectivity index (χ3v) is 5.63. The standard InChI is InChI=1S/C21H25N3O4S/c1-5-10-29-21-23-20(26)18-14(12-17(25)22-19(18)24(21)4)13-8-9-15(27-6-2)16(11-13)28-7-3/h5,8-9,11,14H,1,6-7,10,12H2,2-4H3,(H,22,25)/t14-/m1/s1. The van der Waals surface area contributed by atoms with Crippen molar-refractivity contribution in [2.75, 3.05) is 24.3 Å². The average molecular weight is 416 g/mol. The molecule has 29 heavy (non-hydrogen) atoms. The zero-order valence-electron chi connectivity index (χ0n) is 16.9. The van der Waals surface area contributed by atoms with Crippen molar-refractivity contribution in [3.05, 3.63) is 52.3 Å². The Labute approximate surface area is 174 Å². The van der Waals surface area contributed by atoms with Crippen LogP contribution in [0.25, 0.3) is 0 Å². The second kappa shape index (κ2) is 9.17. The predicted molar refractivity (Wildman–Crippen MR) is 114 cm³/mol. The predicted octanol–water partition coefficient (Wildman–Crippen LogP) is 3.33. The summed E-state index contributed by atoms with van der Waals surface area (Å²) in [7, 11) is 1.79. The van der Waals surface area contributed by atoms with Gasteiger partial charge in [-0.05, 0) is 31.5 Å². The van der Waals surface area contributed by atoms with E-state index in [1.54, 1.807) is 17.7 Å². The Morgan fingerprint density at radius 1 is 1.28 bits per heavy atom. The van der Waals surface area contributed by atoms with Gasteiger partial charge in [-0.3, -0.25) is 9.59 Å². The van der Waals surface area contributed by atoms with Crippen LogP contribution in [0.2, 0.25) is 0 Å². The maximum atomic E-state index is 12.9. The fraction of sp³-hybridized carbons (Fsp3) is 0.381. The molecule has 1 N–H and O–H groups in total. The molecule has 0 saturated heterocycles. The molecule has 154 valence electrons. The number of hydrogen-bond acceptors (Lipinski definition) is 6. The summed E-state index contributed by atoms with van der Waals surface area (Å²) >= 11 is 1.39. The van der Waals surface area contributed by atoms with Gasteiger partial charge in [-0.2, -0.15) is 4.98 Å². The number of anilines is 1. The van der Waals surface area contributed by atoms with Crippen LogP contribution >= 0.6 is 11.8 Å². The second-order valence-corrected chi connectivity index (χ2v) is 7.48. The fourth-order valence-corrected chi connectivity index (χ4v) is 4.07. The van der Waals surface area contributed by atoms with E-state index in [1.807, 2.05) is 32.0 Å². The van der Waals surface area contributed by atoms with Gasteiger partial charge in [0.15, 0.2) is 16.7 Å². The lowest BCUT2D eigenvalue weighted by molar-refractivity contribution is -0.116. The molecule has 0 spiro atoms. The number of nitrogens with one attached hydrogen (secondary N) is 1. The van der Waals surface area contributed by atoms with Crippen molar-refractivity contribution in [2.24, 2.45) is 7.05 Å². The first kappa shape index (κ1) is 21.0. The highest BCUT2D eigenvalue weighted by molar-refractivity contribution is 7.99. The number of fused-ring (bicyclic) bond motifs is 1. The number of nitrogens with zero attached hydrogens (tertiary/aromatic N) is 2. The molecule has 2 heterocycles. The summed E-state index contributed by atoms with van der Waals surface area (Å²) in [5.74, 6) is 1.80. The Hall–Kier alpha value is -2.74. The van der Waals surface area contributed by atoms with Gasteiger partial charge in [-0.1, -0.05) is 23.9 Å². The maximum Gasteiger partial charge on any atom is 0.279 e. The number of benzene rings is 1. The molecule has 1 aromatic carbocycles. The SMILES string of the molecule is C=CCSc1nc(=O)c2c(n1C)NC(=O)C[C@@H]2c1ccc(OCC)c(OCC)c1. The monoisotopic (exact) mass is 415 g/mol. The van der Waals surface area contributed by atoms with Crippen molar-refractivity contribution in [3.8, 4) is 11.5 Å². The number of aromatic nitrogens is 2. The second-order valence-electron chi connectivity index (χ2n) is 6.50. The van der Waals surface area contributed by atoms with Gasteiger partial charge in [-0.25, -0.2) is 0 Å². The molecule has 1 aromatic heterocycles. The highest BCUT2D eigenvalue weighted by atomic mass is 32.2. The Morgan fingerprint density at radius 3 is 2.69 bits per heavy atom. The summed E-state index contributed by atoms with van der Waals surface area (Å²) in [5, 5.41) is 3.38. The minimum atomic E-state index is -0.404. The van der Waals surface area contributed by atoms with Gasteiger partial charge in [0.25, 0.3) is 5.56 Å². The normalized spacial score (nSPS) is 15.4. The van der Waals surface area contributed by atoms with E-state index in [0.29, 0.717) is 47.0 Å². The molecule has 8 heteroatoms. The molecular formula is C21H25N3O4S. The van der Waals surface area contributed by atoms with Crippen LogP contribution in [-0.4, -0.2) is 34.4 Å². The molecule has 1 aliphatic rings. The number of carbonyl (C=O) groups excluding carboxylic acids is 1. The summed E-state index contributed by atoms with van der Waals surface area (Å²) in [5.41, 5.74) is 0.974. The fourth-order valence-electron chi connectivity index (χ4n) is 3.37. The molecule has 1 aliphatic heterocycles. The van der Waals surface area contributed by atoms with Gasteiger partial charge in [0, 0.05) is 25.1 Å². The van der Waals surface area contributed by atoms with E-state index in [-0.39, 0.29) is 17.9 Å². The summed E-state index contributed by atoms with van der Waals surface area (Å²) in [6.07, 6.45) is 1.91. The van der Waals surface area contributed by atoms with E-state index >= 15 is 0 Å². The van der Waals surface area contributed by atoms with Crippen LogP contribution in [0.1, 0.15) is 37.3 Å². The molecule has 7 nitrogen and oxygen atoms in total. The van der Waals surface area contributed by atoms with Crippen molar-refractivity contribution < 1.29 is 14.3 Å². The number of thioether (sulfide) groups is 1. The van der Waals surface area contributed by atoms with Crippen LogP contribution in [0.3, 0.4) is 0 Å². The Morgan fingerprint density at radius 2 is 2.00 bits per heavy atom. The molecule has 0 aliphatic carbocycles. The average Bonchev–Trinajstić information content (AvgIpc) is 2.70. The Kier molecular flexibility index (Phi) is 6.64. The van der Waals surface area contributed by atoms with E-state index in [0.717, 1.165) is 5.56 Å². The lowest BCUT2D eigenvalue weighted by atomic mass is 9.86. The van der Waals surface area contributed by atoms with Gasteiger partial charge >= 0.3 is 0 Å². The van der Waals surface area contributed by atoms with E-state index in [9.17, 15) is 9.59 Å². The first-order valence-corrected chi connectivity index (χ1v) is 10.5. The van der Waals surface area contributed by atoms with Crippen molar-refractivity contribution in [3.63, 3.8) is 0 Å². The number of carbonyl (C=O) groups is 1. The van der Waals surface area contributed by atoms with E-state index in [2.05, 4.69) is 16.9 Å². The minimum Gasteiger partial charge on any atom is -0.490 e. The number of hydrogen-bond donors (Lipinski definition) is 1. The number of amides is 1. The van der Waals surface area contributed by atoms with Crippen molar-refractivity contribution in [1.29, 1.82) is 0 Å². The number of ether oxygens (including phenoxy) is 2. The molecule has 3 rings (SSSR count). The van der Waals surface area contributed by atoms with E-state index in [4.69, 9.17) is 9.47 Å². The summed E-state index contributed by atoms with van der Waals surface area (Å²) in [4.78, 5) is 29.6. The third-order valence-electron chi connectivity index (χ3n) is 4.60. The zero-order chi connectivity index (χ0) is 21.0. The van der Waals surface area contributed by atoms with Gasteiger partial charge in [-0.15, -0.1) is 6.58 Å². The Bertz CT molecular complexity index is 987. The summed E-state index contributed by atoms with van der Waals surface area (Å²) < 4.78 is 13.1. The molecule has 2 aromatic rings. The molecule has 0 unspecified atom stereocenters. The first-order chi connectivity index (χ1) is 14.0. The van der Waals surface area contributed by atoms with Crippen LogP contribution in [0.4, 0.5) is 5.82 Å². The summed E-state index contributed by atoms with van der Waals surface area (Å²) in [6.45, 7) is 8.50. The highest BCUT2D eigenvalue weighted by Gasteiger charge is 2.32. The highest BCUT2D eigenvalue weighted by Crippen LogP contribution is 2.39. The molecule has 1 atom stereocenters. The molecule has 0 fully saturated rings. The van der Waals surface area contributed by atoms with Crippen LogP contribution in [0.5, 0.6) is 11.5 Å². The van der Waals surface area contributed by atoms with Crippen molar-refractivity contribution in [2.45, 2.75) is 31.3 Å². The lowest BCUT2D eigenvalue weighted by Gasteiger charge is -2.28. The van der Waals surface area contributed by atoms with Crippen molar-refractivity contribution >= 4 is 23.5 Å². The van der Waals surface area contributed by atoms with Crippen LogP contribution in [-0.2, 0) is 11.8 Å². The third kappa shape index (κ3) is 4.32. The smallest absolute Gasteiger partial charge is 0.279 e. The van der Waals surface area contributed by atoms with Gasteiger partial charge in [0.1, 0.15) is 5.82 Å².